The van der Waals surface area contributed by atoms with E-state index in [1.54, 1.807) is 23.1 Å². The van der Waals surface area contributed by atoms with Gasteiger partial charge in [-0.3, -0.25) is 9.69 Å². The van der Waals surface area contributed by atoms with Crippen molar-refractivity contribution in [2.75, 3.05) is 4.90 Å². The van der Waals surface area contributed by atoms with Crippen LogP contribution >= 0.6 is 0 Å². The standard InChI is InChI=1S/C19H15FN2O/c1-13(23)22-17-10-5-4-9-16(17)21-12-6-11-18(21)19(22)14-7-2-3-8-15(14)20/h2-12,19H,1H3. The molecule has 0 radical (unpaired) electrons. The van der Waals surface area contributed by atoms with Crippen molar-refractivity contribution in [1.82, 2.24) is 4.57 Å². The summed E-state index contributed by atoms with van der Waals surface area (Å²) in [5.74, 6) is -0.422. The van der Waals surface area contributed by atoms with Crippen LogP contribution in [0.2, 0.25) is 0 Å². The second-order valence-electron chi connectivity index (χ2n) is 5.60. The summed E-state index contributed by atoms with van der Waals surface area (Å²) in [6.45, 7) is 1.52. The zero-order valence-corrected chi connectivity index (χ0v) is 12.6. The van der Waals surface area contributed by atoms with Crippen LogP contribution in [0.4, 0.5) is 10.1 Å². The predicted molar refractivity (Wildman–Crippen MR) is 87.2 cm³/mol. The number of benzene rings is 2. The van der Waals surface area contributed by atoms with Crippen LogP contribution in [0, 0.1) is 5.82 Å². The van der Waals surface area contributed by atoms with Gasteiger partial charge in [-0.1, -0.05) is 30.3 Å². The summed E-state index contributed by atoms with van der Waals surface area (Å²) in [4.78, 5) is 14.1. The van der Waals surface area contributed by atoms with Gasteiger partial charge in [-0.2, -0.15) is 0 Å². The molecule has 0 saturated heterocycles. The van der Waals surface area contributed by atoms with Crippen LogP contribution in [0.1, 0.15) is 24.2 Å². The van der Waals surface area contributed by atoms with E-state index >= 15 is 0 Å². The number of carbonyl (C=O) groups excluding carboxylic acids is 1. The van der Waals surface area contributed by atoms with Crippen molar-refractivity contribution >= 4 is 11.6 Å². The van der Waals surface area contributed by atoms with Gasteiger partial charge in [0.1, 0.15) is 11.9 Å². The molecule has 1 aliphatic heterocycles. The zero-order chi connectivity index (χ0) is 16.0. The molecular weight excluding hydrogens is 291 g/mol. The Labute approximate surface area is 133 Å². The van der Waals surface area contributed by atoms with Crippen LogP contribution in [-0.2, 0) is 4.79 Å². The average molecular weight is 306 g/mol. The van der Waals surface area contributed by atoms with Crippen LogP contribution in [0.25, 0.3) is 5.69 Å². The minimum Gasteiger partial charge on any atom is -0.316 e. The highest BCUT2D eigenvalue weighted by atomic mass is 19.1. The lowest BCUT2D eigenvalue weighted by molar-refractivity contribution is -0.117. The molecule has 3 nitrogen and oxygen atoms in total. The molecule has 4 rings (SSSR count). The van der Waals surface area contributed by atoms with E-state index in [2.05, 4.69) is 0 Å². The second-order valence-corrected chi connectivity index (χ2v) is 5.60. The summed E-state index contributed by atoms with van der Waals surface area (Å²) in [6.07, 6.45) is 1.94. The zero-order valence-electron chi connectivity index (χ0n) is 12.6. The van der Waals surface area contributed by atoms with E-state index in [-0.39, 0.29) is 11.7 Å². The van der Waals surface area contributed by atoms with Crippen molar-refractivity contribution in [3.05, 3.63) is 83.9 Å². The van der Waals surface area contributed by atoms with Gasteiger partial charge in [-0.25, -0.2) is 4.39 Å². The smallest absolute Gasteiger partial charge is 0.224 e. The maximum atomic E-state index is 14.4. The Hall–Kier alpha value is -2.88. The van der Waals surface area contributed by atoms with Gasteiger partial charge in [0, 0.05) is 18.7 Å². The summed E-state index contributed by atoms with van der Waals surface area (Å²) < 4.78 is 16.5. The Bertz CT molecular complexity index is 900. The monoisotopic (exact) mass is 306 g/mol. The summed E-state index contributed by atoms with van der Waals surface area (Å²) in [6, 6.07) is 17.7. The number of aromatic nitrogens is 1. The number of rotatable bonds is 1. The molecule has 1 atom stereocenters. The predicted octanol–water partition coefficient (Wildman–Crippen LogP) is 4.07. The average Bonchev–Trinajstić information content (AvgIpc) is 3.03. The van der Waals surface area contributed by atoms with Crippen molar-refractivity contribution in [2.45, 2.75) is 13.0 Å². The third-order valence-electron chi connectivity index (χ3n) is 4.26. The SMILES string of the molecule is CC(=O)N1c2ccccc2-n2cccc2C1c1ccccc1F. The number of amides is 1. The van der Waals surface area contributed by atoms with E-state index in [1.165, 1.54) is 13.0 Å². The number of halogens is 1. The first-order valence-electron chi connectivity index (χ1n) is 7.49. The molecule has 0 N–H and O–H groups in total. The van der Waals surface area contributed by atoms with Gasteiger partial charge in [0.25, 0.3) is 0 Å². The Morgan fingerprint density at radius 3 is 2.39 bits per heavy atom. The number of anilines is 1. The normalized spacial score (nSPS) is 15.9. The first-order chi connectivity index (χ1) is 11.2. The van der Waals surface area contributed by atoms with Gasteiger partial charge >= 0.3 is 0 Å². The first-order valence-corrected chi connectivity index (χ1v) is 7.49. The lowest BCUT2D eigenvalue weighted by Gasteiger charge is -2.38. The number of hydrogen-bond donors (Lipinski definition) is 0. The molecule has 1 amide bonds. The Morgan fingerprint density at radius 1 is 0.957 bits per heavy atom. The topological polar surface area (TPSA) is 25.2 Å². The number of hydrogen-bond acceptors (Lipinski definition) is 1. The minimum absolute atomic E-state index is 0.113. The second kappa shape index (κ2) is 5.09. The van der Waals surface area contributed by atoms with Gasteiger partial charge in [-0.05, 0) is 30.3 Å². The fraction of sp³-hybridized carbons (Fsp3) is 0.105. The maximum Gasteiger partial charge on any atom is 0.224 e. The molecule has 2 heterocycles. The van der Waals surface area contributed by atoms with Crippen molar-refractivity contribution in [3.63, 3.8) is 0 Å². The van der Waals surface area contributed by atoms with Gasteiger partial charge in [-0.15, -0.1) is 0 Å². The molecule has 1 unspecified atom stereocenters. The van der Waals surface area contributed by atoms with Crippen LogP contribution in [-0.4, -0.2) is 10.5 Å². The Kier molecular flexibility index (Phi) is 3.05. The maximum absolute atomic E-state index is 14.4. The lowest BCUT2D eigenvalue weighted by Crippen LogP contribution is -2.38. The molecule has 1 aliphatic rings. The highest BCUT2D eigenvalue weighted by Gasteiger charge is 2.35. The van der Waals surface area contributed by atoms with E-state index in [4.69, 9.17) is 0 Å². The lowest BCUT2D eigenvalue weighted by atomic mass is 9.97. The Morgan fingerprint density at radius 2 is 1.65 bits per heavy atom. The van der Waals surface area contributed by atoms with Gasteiger partial charge in [0.15, 0.2) is 0 Å². The van der Waals surface area contributed by atoms with Crippen molar-refractivity contribution in [2.24, 2.45) is 0 Å². The van der Waals surface area contributed by atoms with E-state index in [1.807, 2.05) is 47.2 Å². The molecule has 0 aliphatic carbocycles. The van der Waals surface area contributed by atoms with E-state index in [9.17, 15) is 9.18 Å². The van der Waals surface area contributed by atoms with E-state index < -0.39 is 6.04 Å². The first kappa shape index (κ1) is 13.8. The van der Waals surface area contributed by atoms with Crippen LogP contribution in [0.15, 0.2) is 66.9 Å². The fourth-order valence-electron chi connectivity index (χ4n) is 3.33. The molecule has 23 heavy (non-hydrogen) atoms. The molecule has 114 valence electrons. The summed E-state index contributed by atoms with van der Waals surface area (Å²) in [5.41, 5.74) is 3.09. The minimum atomic E-state index is -0.474. The van der Waals surface area contributed by atoms with Gasteiger partial charge in [0.2, 0.25) is 5.91 Å². The third-order valence-corrected chi connectivity index (χ3v) is 4.26. The molecule has 0 fully saturated rings. The highest BCUT2D eigenvalue weighted by Crippen LogP contribution is 2.42. The van der Waals surface area contributed by atoms with Crippen LogP contribution < -0.4 is 4.90 Å². The van der Waals surface area contributed by atoms with Gasteiger partial charge < -0.3 is 4.57 Å². The molecule has 0 spiro atoms. The molecule has 3 aromatic rings. The third kappa shape index (κ3) is 1.99. The summed E-state index contributed by atoms with van der Waals surface area (Å²) >= 11 is 0. The molecular formula is C19H15FN2O. The largest absolute Gasteiger partial charge is 0.316 e. The van der Waals surface area contributed by atoms with Crippen molar-refractivity contribution in [3.8, 4) is 5.69 Å². The number of para-hydroxylation sites is 2. The quantitative estimate of drug-likeness (QED) is 0.665. The molecule has 1 aromatic heterocycles. The summed E-state index contributed by atoms with van der Waals surface area (Å²) in [7, 11) is 0. The van der Waals surface area contributed by atoms with Crippen molar-refractivity contribution < 1.29 is 9.18 Å². The molecule has 4 heteroatoms. The van der Waals surface area contributed by atoms with E-state index in [0.717, 1.165) is 17.1 Å². The van der Waals surface area contributed by atoms with E-state index in [0.29, 0.717) is 5.56 Å². The van der Waals surface area contributed by atoms with Crippen LogP contribution in [0.3, 0.4) is 0 Å². The van der Waals surface area contributed by atoms with Gasteiger partial charge in [0.05, 0.1) is 17.1 Å². The Balaban J connectivity index is 2.03. The number of carbonyl (C=O) groups is 1. The number of nitrogens with zero attached hydrogens (tertiary/aromatic N) is 2. The number of fused-ring (bicyclic) bond motifs is 3. The fourth-order valence-corrected chi connectivity index (χ4v) is 3.33. The summed E-state index contributed by atoms with van der Waals surface area (Å²) in [5, 5.41) is 0. The molecule has 0 bridgehead atoms. The highest BCUT2D eigenvalue weighted by molar-refractivity contribution is 5.96. The molecule has 0 saturated carbocycles. The van der Waals surface area contributed by atoms with Crippen molar-refractivity contribution in [1.29, 1.82) is 0 Å². The molecule has 2 aromatic carbocycles. The van der Waals surface area contributed by atoms with Crippen LogP contribution in [0.5, 0.6) is 0 Å².